The average molecular weight is 390 g/mol. The van der Waals surface area contributed by atoms with Crippen LogP contribution in [0.25, 0.3) is 0 Å². The molecule has 2 unspecified atom stereocenters. The monoisotopic (exact) mass is 390 g/mol. The second-order valence-corrected chi connectivity index (χ2v) is 7.13. The molecule has 1 saturated carbocycles. The molecule has 0 bridgehead atoms. The average Bonchev–Trinajstić information content (AvgIpc) is 2.89. The summed E-state index contributed by atoms with van der Waals surface area (Å²) in [6.45, 7) is 1.49. The molecule has 1 saturated heterocycles. The first kappa shape index (κ1) is 19.6. The summed E-state index contributed by atoms with van der Waals surface area (Å²) >= 11 is 0. The van der Waals surface area contributed by atoms with Crippen LogP contribution in [0.4, 0.5) is 16.2 Å². The van der Waals surface area contributed by atoms with Gasteiger partial charge < -0.3 is 15.4 Å². The molecule has 0 radical (unpaired) electrons. The smallest absolute Gasteiger partial charge is 0.325 e. The van der Waals surface area contributed by atoms with E-state index in [4.69, 9.17) is 4.74 Å². The number of hydrogen-bond acceptors (Lipinski definition) is 6. The van der Waals surface area contributed by atoms with E-state index in [1.54, 1.807) is 0 Å². The molecule has 1 aromatic rings. The predicted molar refractivity (Wildman–Crippen MR) is 98.9 cm³/mol. The van der Waals surface area contributed by atoms with Crippen molar-refractivity contribution in [2.45, 2.75) is 38.1 Å². The normalized spacial score (nSPS) is 24.2. The second-order valence-electron chi connectivity index (χ2n) is 7.13. The number of hydrogen-bond donors (Lipinski definition) is 2. The van der Waals surface area contributed by atoms with Crippen molar-refractivity contribution < 1.29 is 24.0 Å². The van der Waals surface area contributed by atoms with Crippen LogP contribution in [-0.4, -0.2) is 46.9 Å². The third-order valence-electron chi connectivity index (χ3n) is 5.47. The van der Waals surface area contributed by atoms with Gasteiger partial charge in [0.2, 0.25) is 5.91 Å². The molecule has 1 spiro atoms. The van der Waals surface area contributed by atoms with E-state index < -0.39 is 28.9 Å². The largest absolute Gasteiger partial charge is 0.494 e. The van der Waals surface area contributed by atoms with Crippen molar-refractivity contribution >= 4 is 29.2 Å². The molecule has 1 heterocycles. The maximum Gasteiger partial charge on any atom is 0.325 e. The summed E-state index contributed by atoms with van der Waals surface area (Å²) in [6.07, 6.45) is 3.25. The highest BCUT2D eigenvalue weighted by Gasteiger charge is 2.55. The van der Waals surface area contributed by atoms with E-state index in [0.29, 0.717) is 6.42 Å². The number of carbonyl (C=O) groups is 3. The highest BCUT2D eigenvalue weighted by molar-refractivity contribution is 6.10. The fourth-order valence-corrected chi connectivity index (χ4v) is 3.87. The lowest BCUT2D eigenvalue weighted by atomic mass is 9.73. The number of rotatable bonds is 5. The van der Waals surface area contributed by atoms with E-state index in [2.05, 4.69) is 10.6 Å². The summed E-state index contributed by atoms with van der Waals surface area (Å²) in [4.78, 5) is 48.9. The van der Waals surface area contributed by atoms with Crippen molar-refractivity contribution in [1.82, 2.24) is 10.2 Å². The summed E-state index contributed by atoms with van der Waals surface area (Å²) in [5, 5.41) is 16.2. The maximum absolute atomic E-state index is 12.9. The Morgan fingerprint density at radius 2 is 2.18 bits per heavy atom. The quantitative estimate of drug-likeness (QED) is 0.449. The number of nitrogens with one attached hydrogen (secondary N) is 2. The molecule has 1 aromatic carbocycles. The van der Waals surface area contributed by atoms with Crippen LogP contribution in [-0.2, 0) is 9.59 Å². The van der Waals surface area contributed by atoms with E-state index in [-0.39, 0.29) is 28.9 Å². The molecule has 2 aliphatic rings. The van der Waals surface area contributed by atoms with Gasteiger partial charge >= 0.3 is 6.03 Å². The fraction of sp³-hybridized carbons (Fsp3) is 0.500. The van der Waals surface area contributed by atoms with Crippen molar-refractivity contribution in [3.8, 4) is 5.75 Å². The standard InChI is InChI=1S/C18H22N4O6/c1-11-5-3-4-8-18(11)16(24)21(17(25)20-18)10-15(23)19-13-7-6-12(22(26)27)9-14(13)28-2/h6-7,9,11H,3-5,8,10H2,1-2H3,(H,19,23)(H,20,25). The lowest BCUT2D eigenvalue weighted by molar-refractivity contribution is -0.384. The number of nitro groups is 1. The van der Waals surface area contributed by atoms with Gasteiger partial charge in [-0.1, -0.05) is 19.8 Å². The number of methoxy groups -OCH3 is 1. The molecule has 150 valence electrons. The van der Waals surface area contributed by atoms with Crippen molar-refractivity contribution in [3.05, 3.63) is 28.3 Å². The van der Waals surface area contributed by atoms with E-state index in [1.165, 1.54) is 25.3 Å². The van der Waals surface area contributed by atoms with Gasteiger partial charge in [-0.3, -0.25) is 24.6 Å². The second kappa shape index (κ2) is 7.45. The van der Waals surface area contributed by atoms with E-state index in [9.17, 15) is 24.5 Å². The van der Waals surface area contributed by atoms with Crippen molar-refractivity contribution in [2.75, 3.05) is 19.0 Å². The third-order valence-corrected chi connectivity index (χ3v) is 5.47. The van der Waals surface area contributed by atoms with Gasteiger partial charge in [0.05, 0.1) is 23.8 Å². The number of nitrogens with zero attached hydrogens (tertiary/aromatic N) is 2. The third kappa shape index (κ3) is 3.37. The number of ether oxygens (including phenoxy) is 1. The number of non-ortho nitro benzene ring substituents is 1. The number of carbonyl (C=O) groups excluding carboxylic acids is 3. The minimum atomic E-state index is -0.930. The number of amides is 4. The Balaban J connectivity index is 1.72. The first-order valence-electron chi connectivity index (χ1n) is 9.05. The summed E-state index contributed by atoms with van der Waals surface area (Å²) < 4.78 is 5.07. The molecular formula is C18H22N4O6. The fourth-order valence-electron chi connectivity index (χ4n) is 3.87. The Hall–Kier alpha value is -3.17. The van der Waals surface area contributed by atoms with Crippen LogP contribution in [0.15, 0.2) is 18.2 Å². The van der Waals surface area contributed by atoms with Gasteiger partial charge in [-0.15, -0.1) is 0 Å². The van der Waals surface area contributed by atoms with Crippen LogP contribution in [0, 0.1) is 16.0 Å². The van der Waals surface area contributed by atoms with Crippen LogP contribution in [0.1, 0.15) is 32.6 Å². The highest BCUT2D eigenvalue weighted by Crippen LogP contribution is 2.38. The zero-order chi connectivity index (χ0) is 20.5. The Bertz CT molecular complexity index is 841. The van der Waals surface area contributed by atoms with Crippen molar-refractivity contribution in [1.29, 1.82) is 0 Å². The zero-order valence-corrected chi connectivity index (χ0v) is 15.7. The molecule has 10 heteroatoms. The predicted octanol–water partition coefficient (Wildman–Crippen LogP) is 2.04. The topological polar surface area (TPSA) is 131 Å². The number of urea groups is 1. The first-order valence-corrected chi connectivity index (χ1v) is 9.05. The summed E-state index contributed by atoms with van der Waals surface area (Å²) in [6, 6.07) is 3.17. The van der Waals surface area contributed by atoms with Gasteiger partial charge in [-0.05, 0) is 24.8 Å². The molecule has 3 rings (SSSR count). The number of imide groups is 1. The van der Waals surface area contributed by atoms with Crippen molar-refractivity contribution in [3.63, 3.8) is 0 Å². The summed E-state index contributed by atoms with van der Waals surface area (Å²) in [5.74, 6) is -0.871. The molecule has 2 fully saturated rings. The van der Waals surface area contributed by atoms with Crippen LogP contribution < -0.4 is 15.4 Å². The molecule has 2 N–H and O–H groups in total. The number of anilines is 1. The molecule has 1 aliphatic carbocycles. The van der Waals surface area contributed by atoms with Gasteiger partial charge in [-0.25, -0.2) is 4.79 Å². The van der Waals surface area contributed by atoms with Crippen molar-refractivity contribution in [2.24, 2.45) is 5.92 Å². The molecule has 2 atom stereocenters. The van der Waals surface area contributed by atoms with E-state index in [1.807, 2.05) is 6.92 Å². The lowest BCUT2D eigenvalue weighted by Gasteiger charge is -2.36. The summed E-state index contributed by atoms with van der Waals surface area (Å²) in [7, 11) is 1.32. The molecule has 10 nitrogen and oxygen atoms in total. The van der Waals surface area contributed by atoms with Crippen LogP contribution in [0.3, 0.4) is 0 Å². The molecule has 1 aliphatic heterocycles. The van der Waals surface area contributed by atoms with Gasteiger partial charge in [0, 0.05) is 6.07 Å². The Labute approximate surface area is 161 Å². The summed E-state index contributed by atoms with van der Waals surface area (Å²) in [5.41, 5.74) is -0.899. The van der Waals surface area contributed by atoms with Crippen LogP contribution in [0.5, 0.6) is 5.75 Å². The SMILES string of the molecule is COc1cc([N+](=O)[O-])ccc1NC(=O)CN1C(=O)NC2(CCCCC2C)C1=O. The van der Waals surface area contributed by atoms with E-state index in [0.717, 1.165) is 24.2 Å². The Kier molecular flexibility index (Phi) is 5.21. The number of nitro benzene ring substituents is 1. The van der Waals surface area contributed by atoms with Crippen LogP contribution in [0.2, 0.25) is 0 Å². The highest BCUT2D eigenvalue weighted by atomic mass is 16.6. The minimum Gasteiger partial charge on any atom is -0.494 e. The first-order chi connectivity index (χ1) is 13.3. The Morgan fingerprint density at radius 3 is 2.82 bits per heavy atom. The Morgan fingerprint density at radius 1 is 1.43 bits per heavy atom. The minimum absolute atomic E-state index is 0.000489. The molecular weight excluding hydrogens is 368 g/mol. The zero-order valence-electron chi connectivity index (χ0n) is 15.7. The van der Waals surface area contributed by atoms with Gasteiger partial charge in [0.25, 0.3) is 11.6 Å². The van der Waals surface area contributed by atoms with Gasteiger partial charge in [-0.2, -0.15) is 0 Å². The molecule has 28 heavy (non-hydrogen) atoms. The lowest BCUT2D eigenvalue weighted by Crippen LogP contribution is -2.54. The number of benzene rings is 1. The van der Waals surface area contributed by atoms with E-state index >= 15 is 0 Å². The maximum atomic E-state index is 12.9. The van der Waals surface area contributed by atoms with Gasteiger partial charge in [0.15, 0.2) is 0 Å². The van der Waals surface area contributed by atoms with Crippen LogP contribution >= 0.6 is 0 Å². The molecule has 0 aromatic heterocycles. The van der Waals surface area contributed by atoms with Gasteiger partial charge in [0.1, 0.15) is 17.8 Å². The molecule has 4 amide bonds.